The molecule has 0 saturated carbocycles. The summed E-state index contributed by atoms with van der Waals surface area (Å²) in [6.07, 6.45) is 0. The number of piperazine rings is 1. The molecular weight excluding hydrogens is 445 g/mol. The fourth-order valence-electron chi connectivity index (χ4n) is 4.10. The van der Waals surface area contributed by atoms with Gasteiger partial charge in [0, 0.05) is 41.5 Å². The highest BCUT2D eigenvalue weighted by atomic mass is 35.5. The number of aromatic nitrogens is 1. The first-order valence-electron chi connectivity index (χ1n) is 10.5. The third-order valence-electron chi connectivity index (χ3n) is 5.75. The average molecular weight is 466 g/mol. The van der Waals surface area contributed by atoms with Crippen molar-refractivity contribution in [3.63, 3.8) is 0 Å². The molecule has 1 fully saturated rings. The number of carbonyl (C=O) groups excluding carboxylic acids is 1. The van der Waals surface area contributed by atoms with Crippen LogP contribution < -0.4 is 4.90 Å². The molecule has 2 aromatic carbocycles. The first-order chi connectivity index (χ1) is 15.5. The summed E-state index contributed by atoms with van der Waals surface area (Å²) in [4.78, 5) is 24.4. The Labute approximate surface area is 194 Å². The summed E-state index contributed by atoms with van der Waals surface area (Å²) in [5, 5.41) is 1.31. The molecule has 1 amide bonds. The minimum Gasteiger partial charge on any atom is -0.366 e. The lowest BCUT2D eigenvalue weighted by atomic mass is 10.0. The molecule has 1 saturated heterocycles. The van der Waals surface area contributed by atoms with E-state index in [-0.39, 0.29) is 11.7 Å². The maximum absolute atomic E-state index is 14.2. The highest BCUT2D eigenvalue weighted by molar-refractivity contribution is 7.15. The van der Waals surface area contributed by atoms with Crippen LogP contribution >= 0.6 is 22.9 Å². The molecule has 7 heteroatoms. The minimum atomic E-state index is -0.238. The summed E-state index contributed by atoms with van der Waals surface area (Å²) in [5.74, 6) is -0.291. The third-order valence-corrected chi connectivity index (χ3v) is 7.01. The molecule has 0 unspecified atom stereocenters. The molecule has 0 aliphatic carbocycles. The second-order valence-electron chi connectivity index (χ2n) is 7.86. The summed E-state index contributed by atoms with van der Waals surface area (Å²) in [6, 6.07) is 18.2. The van der Waals surface area contributed by atoms with Gasteiger partial charge in [-0.05, 0) is 55.5 Å². The zero-order valence-corrected chi connectivity index (χ0v) is 19.1. The number of thiophene rings is 1. The number of hydrogen-bond acceptors (Lipinski definition) is 4. The molecule has 3 heterocycles. The minimum absolute atomic E-state index is 0.0534. The number of hydrogen-bond donors (Lipinski definition) is 0. The van der Waals surface area contributed by atoms with Crippen molar-refractivity contribution < 1.29 is 9.18 Å². The number of fused-ring (bicyclic) bond motifs is 1. The lowest BCUT2D eigenvalue weighted by Crippen LogP contribution is -2.49. The maximum atomic E-state index is 14.2. The largest absolute Gasteiger partial charge is 0.366 e. The van der Waals surface area contributed by atoms with Gasteiger partial charge in [0.05, 0.1) is 27.3 Å². The summed E-state index contributed by atoms with van der Waals surface area (Å²) in [5.41, 5.74) is 2.70. The van der Waals surface area contributed by atoms with E-state index in [4.69, 9.17) is 16.6 Å². The van der Waals surface area contributed by atoms with Gasteiger partial charge < -0.3 is 9.80 Å². The molecule has 2 aromatic heterocycles. The van der Waals surface area contributed by atoms with E-state index >= 15 is 0 Å². The molecule has 5 rings (SSSR count). The maximum Gasteiger partial charge on any atom is 0.254 e. The Morgan fingerprint density at radius 2 is 1.81 bits per heavy atom. The highest BCUT2D eigenvalue weighted by Crippen LogP contribution is 2.32. The number of carbonyl (C=O) groups is 1. The second-order valence-corrected chi connectivity index (χ2v) is 9.58. The van der Waals surface area contributed by atoms with Crippen molar-refractivity contribution in [1.29, 1.82) is 0 Å². The standard InChI is InChI=1S/C25H21ClFN3OS/c1-16-6-9-24(32-16)22-15-19(18-14-17(26)7-8-21(18)28-22)25(31)30-12-10-29(11-13-30)23-5-3-2-4-20(23)27/h2-9,14-15H,10-13H2,1H3. The highest BCUT2D eigenvalue weighted by Gasteiger charge is 2.25. The van der Waals surface area contributed by atoms with Gasteiger partial charge in [0.15, 0.2) is 0 Å². The van der Waals surface area contributed by atoms with Crippen LogP contribution in [0.15, 0.2) is 60.7 Å². The van der Waals surface area contributed by atoms with Gasteiger partial charge in [0.2, 0.25) is 0 Å². The Morgan fingerprint density at radius 3 is 2.53 bits per heavy atom. The molecule has 162 valence electrons. The lowest BCUT2D eigenvalue weighted by Gasteiger charge is -2.36. The van der Waals surface area contributed by atoms with E-state index in [1.165, 1.54) is 10.9 Å². The number of amides is 1. The normalized spacial score (nSPS) is 14.2. The Balaban J connectivity index is 1.46. The van der Waals surface area contributed by atoms with Crippen LogP contribution in [-0.2, 0) is 0 Å². The van der Waals surface area contributed by atoms with Gasteiger partial charge in [0.1, 0.15) is 5.82 Å². The first kappa shape index (κ1) is 20.9. The Morgan fingerprint density at radius 1 is 1.03 bits per heavy atom. The van der Waals surface area contributed by atoms with Crippen LogP contribution in [-0.4, -0.2) is 42.0 Å². The van der Waals surface area contributed by atoms with Crippen molar-refractivity contribution in [2.45, 2.75) is 6.92 Å². The second kappa shape index (κ2) is 8.52. The average Bonchev–Trinajstić information content (AvgIpc) is 3.25. The van der Waals surface area contributed by atoms with Gasteiger partial charge in [-0.3, -0.25) is 4.79 Å². The number of halogens is 2. The van der Waals surface area contributed by atoms with Gasteiger partial charge in [0.25, 0.3) is 5.91 Å². The van der Waals surface area contributed by atoms with Crippen molar-refractivity contribution >= 4 is 45.4 Å². The molecule has 1 aliphatic rings. The van der Waals surface area contributed by atoms with Gasteiger partial charge in [-0.1, -0.05) is 23.7 Å². The lowest BCUT2D eigenvalue weighted by molar-refractivity contribution is 0.0748. The van der Waals surface area contributed by atoms with Gasteiger partial charge >= 0.3 is 0 Å². The number of para-hydroxylation sites is 1. The summed E-state index contributed by atoms with van der Waals surface area (Å²) < 4.78 is 14.2. The van der Waals surface area contributed by atoms with Crippen LogP contribution in [0.5, 0.6) is 0 Å². The van der Waals surface area contributed by atoms with Crippen molar-refractivity contribution in [2.24, 2.45) is 0 Å². The van der Waals surface area contributed by atoms with E-state index in [9.17, 15) is 9.18 Å². The SMILES string of the molecule is Cc1ccc(-c2cc(C(=O)N3CCN(c4ccccc4F)CC3)c3cc(Cl)ccc3n2)s1. The summed E-state index contributed by atoms with van der Waals surface area (Å²) >= 11 is 7.90. The van der Waals surface area contributed by atoms with E-state index in [2.05, 4.69) is 13.0 Å². The number of rotatable bonds is 3. The number of pyridine rings is 1. The van der Waals surface area contributed by atoms with Crippen molar-refractivity contribution in [3.05, 3.63) is 81.9 Å². The Hall–Kier alpha value is -2.96. The van der Waals surface area contributed by atoms with Crippen LogP contribution in [0.2, 0.25) is 5.02 Å². The van der Waals surface area contributed by atoms with E-state index in [0.29, 0.717) is 42.5 Å². The summed E-state index contributed by atoms with van der Waals surface area (Å²) in [7, 11) is 0. The number of benzene rings is 2. The predicted molar refractivity (Wildman–Crippen MR) is 129 cm³/mol. The van der Waals surface area contributed by atoms with Crippen molar-refractivity contribution in [3.8, 4) is 10.6 Å². The van der Waals surface area contributed by atoms with Crippen LogP contribution in [0.4, 0.5) is 10.1 Å². The monoisotopic (exact) mass is 465 g/mol. The summed E-state index contributed by atoms with van der Waals surface area (Å²) in [6.45, 7) is 4.24. The number of anilines is 1. The van der Waals surface area contributed by atoms with E-state index < -0.39 is 0 Å². The fourth-order valence-corrected chi connectivity index (χ4v) is 5.10. The van der Waals surface area contributed by atoms with Gasteiger partial charge in [-0.25, -0.2) is 9.37 Å². The Bertz CT molecular complexity index is 1310. The van der Waals surface area contributed by atoms with E-state index in [1.807, 2.05) is 34.1 Å². The molecule has 32 heavy (non-hydrogen) atoms. The van der Waals surface area contributed by atoms with Crippen LogP contribution in [0.1, 0.15) is 15.2 Å². The van der Waals surface area contributed by atoms with Crippen LogP contribution in [0, 0.1) is 12.7 Å². The third kappa shape index (κ3) is 3.96. The molecule has 1 aliphatic heterocycles. The Kier molecular flexibility index (Phi) is 5.57. The number of nitrogens with zero attached hydrogens (tertiary/aromatic N) is 3. The zero-order chi connectivity index (χ0) is 22.2. The van der Waals surface area contributed by atoms with Gasteiger partial charge in [-0.15, -0.1) is 11.3 Å². The number of aryl methyl sites for hydroxylation is 1. The first-order valence-corrected chi connectivity index (χ1v) is 11.6. The molecule has 4 nitrogen and oxygen atoms in total. The molecule has 0 bridgehead atoms. The topological polar surface area (TPSA) is 36.4 Å². The van der Waals surface area contributed by atoms with E-state index in [1.54, 1.807) is 35.6 Å². The molecule has 0 atom stereocenters. The van der Waals surface area contributed by atoms with Crippen molar-refractivity contribution in [2.75, 3.05) is 31.1 Å². The van der Waals surface area contributed by atoms with E-state index in [0.717, 1.165) is 21.5 Å². The molecule has 0 spiro atoms. The molecule has 0 N–H and O–H groups in total. The quantitative estimate of drug-likeness (QED) is 0.371. The predicted octanol–water partition coefficient (Wildman–Crippen LogP) is 6.03. The smallest absolute Gasteiger partial charge is 0.254 e. The van der Waals surface area contributed by atoms with Crippen LogP contribution in [0.3, 0.4) is 0 Å². The van der Waals surface area contributed by atoms with Crippen LogP contribution in [0.25, 0.3) is 21.5 Å². The fraction of sp³-hybridized carbons (Fsp3) is 0.200. The molecule has 0 radical (unpaired) electrons. The molecular formula is C25H21ClFN3OS. The molecule has 4 aromatic rings. The van der Waals surface area contributed by atoms with Gasteiger partial charge in [-0.2, -0.15) is 0 Å². The zero-order valence-electron chi connectivity index (χ0n) is 17.5. The van der Waals surface area contributed by atoms with Crippen molar-refractivity contribution in [1.82, 2.24) is 9.88 Å².